The second-order valence-electron chi connectivity index (χ2n) is 16.7. The molecule has 2 aliphatic carbocycles. The number of pyridine rings is 4. The number of rotatable bonds is 9. The summed E-state index contributed by atoms with van der Waals surface area (Å²) in [7, 11) is 6.31. The number of carboxylic acid groups (broad SMARTS) is 1. The monoisotopic (exact) mass is 906 g/mol. The minimum absolute atomic E-state index is 0.0315. The molecule has 3 N–H and O–H groups in total. The zero-order chi connectivity index (χ0) is 47.4. The number of nitrogens with zero attached hydrogens (tertiary/aromatic N) is 6. The summed E-state index contributed by atoms with van der Waals surface area (Å²) in [4.78, 5) is 67.6. The van der Waals surface area contributed by atoms with E-state index in [1.807, 2.05) is 58.1 Å². The third-order valence-electron chi connectivity index (χ3n) is 13.0. The van der Waals surface area contributed by atoms with Crippen LogP contribution in [0, 0.1) is 23.8 Å². The molecule has 8 aromatic rings. The normalized spacial score (nSPS) is 16.1. The number of hydrogen-bond acceptors (Lipinski definition) is 11. The van der Waals surface area contributed by atoms with Gasteiger partial charge in [0.05, 0.1) is 62.7 Å². The highest BCUT2D eigenvalue weighted by Gasteiger charge is 2.31. The lowest BCUT2D eigenvalue weighted by molar-refractivity contribution is -0.134. The van der Waals surface area contributed by atoms with Crippen LogP contribution >= 0.6 is 0 Å². The van der Waals surface area contributed by atoms with Gasteiger partial charge >= 0.3 is 12.5 Å². The molecule has 2 aliphatic rings. The van der Waals surface area contributed by atoms with Crippen molar-refractivity contribution in [3.8, 4) is 29.1 Å². The van der Waals surface area contributed by atoms with Crippen LogP contribution in [0.1, 0.15) is 76.3 Å². The van der Waals surface area contributed by atoms with E-state index < -0.39 is 12.5 Å². The number of nitriles is 1. The molecular weight excluding hydrogens is 857 g/mol. The average Bonchev–Trinajstić information content (AvgIpc) is 4.05. The fourth-order valence-electron chi connectivity index (χ4n) is 9.94. The molecule has 6 heterocycles. The standard InChI is InChI=1S/C25H24N4O4.C22H23N3O3.C3H3NO2/c1-32-21-11-17-18(12-22(21)33-2)25(31)29(15-5-3-4-14(10-15)20(30)6-8-26)23-16-7-9-27-24(16)28-13-19(17)23;1-27-18-10-15-16(11-19(18)28-2)22(26)25(13-6-4-3-5-7-13)20-14-8-9-23-21(14)24-12-17(15)20;1-4-2-3(5)6/h7,9,11-15H,3-6,10H2,1-2H3,(H,27,28);8-13H,3-7H2,1-2H3,(H,23,24);2H2,(H,5,6)/t14?,15-;;/m1../s1. The van der Waals surface area contributed by atoms with Crippen molar-refractivity contribution in [1.29, 1.82) is 5.26 Å². The predicted molar refractivity (Wildman–Crippen MR) is 254 cm³/mol. The van der Waals surface area contributed by atoms with E-state index in [9.17, 15) is 19.2 Å². The van der Waals surface area contributed by atoms with Crippen molar-refractivity contribution in [2.45, 2.75) is 76.3 Å². The van der Waals surface area contributed by atoms with E-state index in [0.29, 0.717) is 45.8 Å². The number of Topliss-reactive ketones (excluding diaryl/α,β-unsaturated/α-hetero) is 1. The van der Waals surface area contributed by atoms with Crippen molar-refractivity contribution >= 4 is 77.2 Å². The molecule has 2 saturated carbocycles. The molecule has 0 bridgehead atoms. The van der Waals surface area contributed by atoms with Gasteiger partial charge < -0.3 is 48.0 Å². The number of aliphatic carboxylic acids is 1. The van der Waals surface area contributed by atoms with Gasteiger partial charge in [-0.1, -0.05) is 25.7 Å². The summed E-state index contributed by atoms with van der Waals surface area (Å²) >= 11 is 0. The van der Waals surface area contributed by atoms with Crippen LogP contribution in [0.5, 0.6) is 23.0 Å². The Morgan fingerprint density at radius 2 is 1.16 bits per heavy atom. The van der Waals surface area contributed by atoms with Gasteiger partial charge in [0.1, 0.15) is 17.1 Å². The Bertz CT molecular complexity index is 3400. The van der Waals surface area contributed by atoms with Crippen LogP contribution in [0.4, 0.5) is 0 Å². The van der Waals surface area contributed by atoms with Crippen LogP contribution in [-0.2, 0) is 9.59 Å². The maximum Gasteiger partial charge on any atom is 0.384 e. The molecule has 1 unspecified atom stereocenters. The van der Waals surface area contributed by atoms with Crippen molar-refractivity contribution in [2.75, 3.05) is 35.0 Å². The molecule has 6 aromatic heterocycles. The molecule has 10 rings (SSSR count). The van der Waals surface area contributed by atoms with Gasteiger partial charge in [-0.25, -0.2) is 21.3 Å². The maximum absolute atomic E-state index is 14.0. The van der Waals surface area contributed by atoms with Crippen LogP contribution in [0.3, 0.4) is 0 Å². The Morgan fingerprint density at radius 1 is 0.701 bits per heavy atom. The van der Waals surface area contributed by atoms with E-state index in [2.05, 4.69) is 24.8 Å². The highest BCUT2D eigenvalue weighted by Crippen LogP contribution is 2.41. The third kappa shape index (κ3) is 8.56. The van der Waals surface area contributed by atoms with Gasteiger partial charge in [0.25, 0.3) is 11.1 Å². The van der Waals surface area contributed by atoms with E-state index in [1.54, 1.807) is 46.8 Å². The van der Waals surface area contributed by atoms with Crippen molar-refractivity contribution in [2.24, 2.45) is 5.92 Å². The number of H-pyrrole nitrogens is 2. The van der Waals surface area contributed by atoms with Crippen LogP contribution < -0.4 is 30.1 Å². The first-order chi connectivity index (χ1) is 32.6. The number of carbonyl (C=O) groups excluding carboxylic acids is 1. The minimum Gasteiger partial charge on any atom is -0.493 e. The maximum atomic E-state index is 14.0. The molecule has 17 nitrogen and oxygen atoms in total. The second kappa shape index (κ2) is 19.7. The fourth-order valence-corrected chi connectivity index (χ4v) is 9.94. The van der Waals surface area contributed by atoms with E-state index in [-0.39, 0.29) is 41.3 Å². The van der Waals surface area contributed by atoms with E-state index in [1.165, 1.54) is 6.42 Å². The Kier molecular flexibility index (Phi) is 13.4. The van der Waals surface area contributed by atoms with Gasteiger partial charge in [0.2, 0.25) is 0 Å². The first-order valence-electron chi connectivity index (χ1n) is 22.1. The molecule has 2 fully saturated rings. The molecular formula is C50H50N8O9. The molecule has 17 heteroatoms. The Hall–Kier alpha value is -7.92. The first kappa shape index (κ1) is 45.6. The number of fused-ring (bicyclic) bond motifs is 10. The van der Waals surface area contributed by atoms with Gasteiger partial charge in [0.15, 0.2) is 23.0 Å². The van der Waals surface area contributed by atoms with E-state index >= 15 is 0 Å². The highest BCUT2D eigenvalue weighted by molar-refractivity contribution is 6.15. The van der Waals surface area contributed by atoms with E-state index in [0.717, 1.165) is 93.9 Å². The van der Waals surface area contributed by atoms with Gasteiger partial charge in [-0.3, -0.25) is 14.4 Å². The minimum atomic E-state index is -1.06. The first-order valence-corrected chi connectivity index (χ1v) is 22.1. The Balaban J connectivity index is 0.000000164. The number of nitrogens with one attached hydrogen (secondary N) is 2. The van der Waals surface area contributed by atoms with Gasteiger partial charge in [0, 0.05) is 75.1 Å². The lowest BCUT2D eigenvalue weighted by Gasteiger charge is -2.31. The number of aromatic nitrogens is 6. The summed E-state index contributed by atoms with van der Waals surface area (Å²) < 4.78 is 25.8. The quantitative estimate of drug-likeness (QED) is 0.0914. The molecule has 0 saturated heterocycles. The van der Waals surface area contributed by atoms with Crippen LogP contribution in [-0.4, -0.2) is 80.9 Å². The molecule has 344 valence electrons. The third-order valence-corrected chi connectivity index (χ3v) is 13.0. The molecule has 0 aliphatic heterocycles. The Labute approximate surface area is 383 Å². The van der Waals surface area contributed by atoms with Crippen molar-refractivity contribution < 1.29 is 33.6 Å². The molecule has 0 radical (unpaired) electrons. The SMILES string of the molecule is COc1cc2c(=O)n(C3CCCCC3)c3c4cc[nH]c4ncc3c2cc1OC.COc1cc2c(=O)n([C@@H]3CCCC(C(=O)CC#N)C3)c3c4cc[nH]c4ncc3c2cc1OC.[C-]#[N+]CC(=O)O. The number of carboxylic acids is 1. The number of hydrogen-bond donors (Lipinski definition) is 3. The van der Waals surface area contributed by atoms with Gasteiger partial charge in [-0.05, 0) is 68.5 Å². The smallest absolute Gasteiger partial charge is 0.384 e. The lowest BCUT2D eigenvalue weighted by Crippen LogP contribution is -2.31. The molecule has 0 amide bonds. The number of ketones is 1. The van der Waals surface area contributed by atoms with Crippen LogP contribution in [0.2, 0.25) is 0 Å². The number of carbonyl (C=O) groups is 2. The number of methoxy groups -OCH3 is 4. The Morgan fingerprint density at radius 3 is 1.60 bits per heavy atom. The van der Waals surface area contributed by atoms with Gasteiger partial charge in [-0.2, -0.15) is 5.26 Å². The average molecular weight is 907 g/mol. The molecule has 0 spiro atoms. The highest BCUT2D eigenvalue weighted by atomic mass is 16.5. The number of benzene rings is 2. The van der Waals surface area contributed by atoms with Crippen LogP contribution in [0.15, 0.2) is 70.8 Å². The van der Waals surface area contributed by atoms with Crippen molar-refractivity contribution in [3.63, 3.8) is 0 Å². The van der Waals surface area contributed by atoms with Crippen molar-refractivity contribution in [3.05, 3.63) is 93.3 Å². The summed E-state index contributed by atoms with van der Waals surface area (Å²) in [5.41, 5.74) is 3.15. The summed E-state index contributed by atoms with van der Waals surface area (Å²) in [6, 6.07) is 13.2. The van der Waals surface area contributed by atoms with Crippen molar-refractivity contribution in [1.82, 2.24) is 29.1 Å². The zero-order valence-corrected chi connectivity index (χ0v) is 37.7. The summed E-state index contributed by atoms with van der Waals surface area (Å²) in [5, 5.41) is 23.1. The zero-order valence-electron chi connectivity index (χ0n) is 37.7. The van der Waals surface area contributed by atoms with E-state index in [4.69, 9.17) is 35.9 Å². The molecule has 67 heavy (non-hydrogen) atoms. The molecule has 2 atom stereocenters. The topological polar surface area (TPSA) is 221 Å². The summed E-state index contributed by atoms with van der Waals surface area (Å²) in [6.07, 6.45) is 15.8. The fraction of sp³-hybridized carbons (Fsp3) is 0.360. The predicted octanol–water partition coefficient (Wildman–Crippen LogP) is 8.81. The summed E-state index contributed by atoms with van der Waals surface area (Å²) in [5.74, 6) is 0.879. The van der Waals surface area contributed by atoms with Crippen LogP contribution in [0.25, 0.3) is 70.3 Å². The largest absolute Gasteiger partial charge is 0.493 e. The second-order valence-corrected chi connectivity index (χ2v) is 16.7. The summed E-state index contributed by atoms with van der Waals surface area (Å²) in [6.45, 7) is 5.56. The number of ether oxygens (including phenoxy) is 4. The van der Waals surface area contributed by atoms with Gasteiger partial charge in [-0.15, -0.1) is 0 Å². The lowest BCUT2D eigenvalue weighted by atomic mass is 9.82. The number of aromatic amines is 2. The molecule has 2 aromatic carbocycles.